The molecule has 1 saturated heterocycles. The molecule has 1 unspecified atom stereocenters. The van der Waals surface area contributed by atoms with E-state index in [-0.39, 0.29) is 0 Å². The molecule has 1 aliphatic heterocycles. The predicted molar refractivity (Wildman–Crippen MR) is 104 cm³/mol. The first kappa shape index (κ1) is 17.3. The number of furan rings is 1. The third-order valence-electron chi connectivity index (χ3n) is 5.03. The highest BCUT2D eigenvalue weighted by Crippen LogP contribution is 2.23. The zero-order valence-electron chi connectivity index (χ0n) is 15.3. The maximum atomic E-state index is 5.92. The predicted octanol–water partition coefficient (Wildman–Crippen LogP) is 3.90. The number of aryl methyl sites for hydroxylation is 1. The van der Waals surface area contributed by atoms with E-state index in [1.807, 2.05) is 18.2 Å². The van der Waals surface area contributed by atoms with Crippen LogP contribution in [0.4, 0.5) is 0 Å². The molecule has 4 nitrogen and oxygen atoms in total. The molecule has 3 aromatic rings. The minimum absolute atomic E-state index is 0.350. The van der Waals surface area contributed by atoms with Crippen molar-refractivity contribution in [2.75, 3.05) is 32.8 Å². The van der Waals surface area contributed by atoms with Gasteiger partial charge in [0.25, 0.3) is 0 Å². The van der Waals surface area contributed by atoms with Crippen LogP contribution in [0.25, 0.3) is 11.0 Å². The molecule has 2 heterocycles. The number of hydrogen-bond donors (Lipinski definition) is 1. The van der Waals surface area contributed by atoms with E-state index in [2.05, 4.69) is 53.5 Å². The molecule has 0 amide bonds. The summed E-state index contributed by atoms with van der Waals surface area (Å²) in [5.74, 6) is 0.983. The van der Waals surface area contributed by atoms with Gasteiger partial charge in [0.05, 0.1) is 19.8 Å². The van der Waals surface area contributed by atoms with Crippen molar-refractivity contribution in [2.45, 2.75) is 19.5 Å². The number of hydrogen-bond acceptors (Lipinski definition) is 4. The molecule has 4 heteroatoms. The van der Waals surface area contributed by atoms with E-state index >= 15 is 0 Å². The SMILES string of the molecule is Cc1cccc(C(CNCc2cc3ccccc3o2)N2CCOCC2)c1. The highest BCUT2D eigenvalue weighted by atomic mass is 16.5. The first-order valence-electron chi connectivity index (χ1n) is 9.36. The molecule has 1 atom stereocenters. The normalized spacial score (nSPS) is 16.8. The molecule has 0 aliphatic carbocycles. The fourth-order valence-electron chi connectivity index (χ4n) is 3.68. The molecule has 136 valence electrons. The Labute approximate surface area is 154 Å². The Morgan fingerprint density at radius 3 is 2.69 bits per heavy atom. The van der Waals surface area contributed by atoms with Gasteiger partial charge in [0.2, 0.25) is 0 Å². The topological polar surface area (TPSA) is 37.6 Å². The van der Waals surface area contributed by atoms with Gasteiger partial charge in [0, 0.05) is 31.1 Å². The van der Waals surface area contributed by atoms with E-state index in [1.165, 1.54) is 11.1 Å². The quantitative estimate of drug-likeness (QED) is 0.731. The Morgan fingerprint density at radius 1 is 1.04 bits per heavy atom. The van der Waals surface area contributed by atoms with Gasteiger partial charge in [-0.2, -0.15) is 0 Å². The summed E-state index contributed by atoms with van der Waals surface area (Å²) in [6, 6.07) is 19.5. The van der Waals surface area contributed by atoms with Crippen LogP contribution >= 0.6 is 0 Å². The average Bonchev–Trinajstić information content (AvgIpc) is 3.09. The summed E-state index contributed by atoms with van der Waals surface area (Å²) in [4.78, 5) is 2.52. The van der Waals surface area contributed by atoms with Crippen molar-refractivity contribution in [3.05, 3.63) is 71.5 Å². The first-order chi connectivity index (χ1) is 12.8. The van der Waals surface area contributed by atoms with E-state index in [1.54, 1.807) is 0 Å². The zero-order valence-corrected chi connectivity index (χ0v) is 15.3. The van der Waals surface area contributed by atoms with Crippen molar-refractivity contribution in [1.29, 1.82) is 0 Å². The molecule has 4 rings (SSSR count). The molecule has 1 N–H and O–H groups in total. The lowest BCUT2D eigenvalue weighted by Crippen LogP contribution is -2.42. The molecular formula is C22H26N2O2. The van der Waals surface area contributed by atoms with Crippen LogP contribution < -0.4 is 5.32 Å². The number of nitrogens with zero attached hydrogens (tertiary/aromatic N) is 1. The van der Waals surface area contributed by atoms with Gasteiger partial charge in [0.15, 0.2) is 0 Å². The number of rotatable bonds is 6. The van der Waals surface area contributed by atoms with Gasteiger partial charge in [-0.15, -0.1) is 0 Å². The molecule has 1 aliphatic rings. The van der Waals surface area contributed by atoms with E-state index in [4.69, 9.17) is 9.15 Å². The number of morpholine rings is 1. The van der Waals surface area contributed by atoms with Crippen LogP contribution in [0, 0.1) is 6.92 Å². The van der Waals surface area contributed by atoms with Gasteiger partial charge < -0.3 is 14.5 Å². The number of ether oxygens (including phenoxy) is 1. The summed E-state index contributed by atoms with van der Waals surface area (Å²) >= 11 is 0. The molecule has 0 bridgehead atoms. The fourth-order valence-corrected chi connectivity index (χ4v) is 3.68. The van der Waals surface area contributed by atoms with Gasteiger partial charge in [-0.3, -0.25) is 4.90 Å². The molecular weight excluding hydrogens is 324 g/mol. The fraction of sp³-hybridized carbons (Fsp3) is 0.364. The van der Waals surface area contributed by atoms with Crippen molar-refractivity contribution in [1.82, 2.24) is 10.2 Å². The van der Waals surface area contributed by atoms with E-state index in [0.29, 0.717) is 6.04 Å². The van der Waals surface area contributed by atoms with Crippen LogP contribution in [0.1, 0.15) is 22.9 Å². The second kappa shape index (κ2) is 8.04. The van der Waals surface area contributed by atoms with Crippen molar-refractivity contribution in [3.8, 4) is 0 Å². The Bertz CT molecular complexity index is 819. The van der Waals surface area contributed by atoms with Crippen LogP contribution in [0.3, 0.4) is 0 Å². The monoisotopic (exact) mass is 350 g/mol. The summed E-state index contributed by atoms with van der Waals surface area (Å²) in [5.41, 5.74) is 3.62. The molecule has 0 radical (unpaired) electrons. The van der Waals surface area contributed by atoms with Crippen LogP contribution in [-0.4, -0.2) is 37.7 Å². The molecule has 26 heavy (non-hydrogen) atoms. The van der Waals surface area contributed by atoms with Gasteiger partial charge in [-0.25, -0.2) is 0 Å². The van der Waals surface area contributed by atoms with Crippen LogP contribution in [0.15, 0.2) is 59.0 Å². The number of fused-ring (bicyclic) bond motifs is 1. The zero-order chi connectivity index (χ0) is 17.8. The Morgan fingerprint density at radius 2 is 1.88 bits per heavy atom. The third kappa shape index (κ3) is 3.98. The van der Waals surface area contributed by atoms with Crippen LogP contribution in [-0.2, 0) is 11.3 Å². The lowest BCUT2D eigenvalue weighted by molar-refractivity contribution is 0.0160. The van der Waals surface area contributed by atoms with Crippen LogP contribution in [0.2, 0.25) is 0 Å². The van der Waals surface area contributed by atoms with Gasteiger partial charge in [0.1, 0.15) is 11.3 Å². The maximum absolute atomic E-state index is 5.92. The highest BCUT2D eigenvalue weighted by Gasteiger charge is 2.22. The maximum Gasteiger partial charge on any atom is 0.134 e. The molecule has 0 saturated carbocycles. The van der Waals surface area contributed by atoms with Crippen molar-refractivity contribution in [2.24, 2.45) is 0 Å². The first-order valence-corrected chi connectivity index (χ1v) is 9.36. The van der Waals surface area contributed by atoms with E-state index in [0.717, 1.165) is 56.1 Å². The van der Waals surface area contributed by atoms with E-state index in [9.17, 15) is 0 Å². The molecule has 0 spiro atoms. The van der Waals surface area contributed by atoms with Gasteiger partial charge in [-0.1, -0.05) is 48.0 Å². The smallest absolute Gasteiger partial charge is 0.134 e. The summed E-state index contributed by atoms with van der Waals surface area (Å²) in [5, 5.41) is 4.76. The third-order valence-corrected chi connectivity index (χ3v) is 5.03. The number of para-hydroxylation sites is 1. The lowest BCUT2D eigenvalue weighted by Gasteiger charge is -2.35. The second-order valence-corrected chi connectivity index (χ2v) is 6.96. The second-order valence-electron chi connectivity index (χ2n) is 6.96. The summed E-state index contributed by atoms with van der Waals surface area (Å²) in [7, 11) is 0. The lowest BCUT2D eigenvalue weighted by atomic mass is 10.0. The standard InChI is InChI=1S/C22H26N2O2/c1-17-5-4-7-18(13-17)21(24-9-11-25-12-10-24)16-23-15-20-14-19-6-2-3-8-22(19)26-20/h2-8,13-14,21,23H,9-12,15-16H2,1H3. The molecule has 1 aromatic heterocycles. The van der Waals surface area contributed by atoms with Crippen molar-refractivity contribution < 1.29 is 9.15 Å². The van der Waals surface area contributed by atoms with Gasteiger partial charge in [-0.05, 0) is 24.6 Å². The summed E-state index contributed by atoms with van der Waals surface area (Å²) in [6.45, 7) is 7.36. The largest absolute Gasteiger partial charge is 0.460 e. The number of benzene rings is 2. The summed E-state index contributed by atoms with van der Waals surface area (Å²) in [6.07, 6.45) is 0. The van der Waals surface area contributed by atoms with Gasteiger partial charge >= 0.3 is 0 Å². The van der Waals surface area contributed by atoms with Crippen molar-refractivity contribution in [3.63, 3.8) is 0 Å². The summed E-state index contributed by atoms with van der Waals surface area (Å²) < 4.78 is 11.5. The minimum atomic E-state index is 0.350. The Kier molecular flexibility index (Phi) is 5.34. The molecule has 2 aromatic carbocycles. The Hall–Kier alpha value is -2.14. The Balaban J connectivity index is 1.45. The highest BCUT2D eigenvalue weighted by molar-refractivity contribution is 5.77. The molecule has 1 fully saturated rings. The van der Waals surface area contributed by atoms with Crippen molar-refractivity contribution >= 4 is 11.0 Å². The minimum Gasteiger partial charge on any atom is -0.460 e. The average molecular weight is 350 g/mol. The van der Waals surface area contributed by atoms with E-state index < -0.39 is 0 Å². The number of nitrogens with one attached hydrogen (secondary N) is 1. The van der Waals surface area contributed by atoms with Crippen LogP contribution in [0.5, 0.6) is 0 Å².